The molecule has 0 saturated carbocycles. The summed E-state index contributed by atoms with van der Waals surface area (Å²) in [6.45, 7) is 3.90. The van der Waals surface area contributed by atoms with E-state index in [2.05, 4.69) is 16.0 Å². The number of rotatable bonds is 10. The van der Waals surface area contributed by atoms with Crippen LogP contribution in [0.2, 0.25) is 0 Å². The molecule has 8 heteroatoms. The van der Waals surface area contributed by atoms with Gasteiger partial charge in [0.25, 0.3) is 0 Å². The summed E-state index contributed by atoms with van der Waals surface area (Å²) in [5.41, 5.74) is 4.90. The van der Waals surface area contributed by atoms with Crippen LogP contribution in [0.4, 0.5) is 4.79 Å². The van der Waals surface area contributed by atoms with Gasteiger partial charge in [0.1, 0.15) is 12.3 Å². The van der Waals surface area contributed by atoms with Crippen LogP contribution in [0.3, 0.4) is 0 Å². The lowest BCUT2D eigenvalue weighted by Gasteiger charge is -2.21. The molecular weight excluding hydrogens is 264 g/mol. The molecule has 5 N–H and O–H groups in total. The van der Waals surface area contributed by atoms with Crippen LogP contribution in [0.1, 0.15) is 26.7 Å². The van der Waals surface area contributed by atoms with E-state index in [0.29, 0.717) is 32.1 Å². The fraction of sp³-hybridized carbons (Fsp3) is 0.667. The molecule has 2 unspecified atom stereocenters. The molecule has 0 heterocycles. The maximum absolute atomic E-state index is 11.9. The zero-order valence-corrected chi connectivity index (χ0v) is 11.7. The quantitative estimate of drug-likeness (QED) is 0.299. The van der Waals surface area contributed by atoms with Gasteiger partial charge in [-0.3, -0.25) is 9.59 Å². The third-order valence-electron chi connectivity index (χ3n) is 2.68. The molecule has 0 aliphatic rings. The van der Waals surface area contributed by atoms with Crippen molar-refractivity contribution in [1.29, 1.82) is 0 Å². The number of hydrogen-bond donors (Lipinski definition) is 4. The van der Waals surface area contributed by atoms with E-state index >= 15 is 0 Å². The lowest BCUT2D eigenvalue weighted by atomic mass is 10.0. The van der Waals surface area contributed by atoms with E-state index in [1.54, 1.807) is 13.8 Å². The van der Waals surface area contributed by atoms with Crippen LogP contribution in [0.5, 0.6) is 0 Å². The van der Waals surface area contributed by atoms with Crippen molar-refractivity contribution in [2.75, 3.05) is 6.54 Å². The zero-order valence-electron chi connectivity index (χ0n) is 11.7. The summed E-state index contributed by atoms with van der Waals surface area (Å²) in [4.78, 5) is 43.7. The van der Waals surface area contributed by atoms with Gasteiger partial charge in [0, 0.05) is 6.54 Å². The Labute approximate surface area is 117 Å². The Morgan fingerprint density at radius 2 is 1.90 bits per heavy atom. The Balaban J connectivity index is 4.25. The molecule has 0 aromatic carbocycles. The molecule has 0 bridgehead atoms. The van der Waals surface area contributed by atoms with Crippen LogP contribution in [-0.4, -0.2) is 43.3 Å². The summed E-state index contributed by atoms with van der Waals surface area (Å²) in [7, 11) is 0. The van der Waals surface area contributed by atoms with Crippen molar-refractivity contribution in [3.05, 3.63) is 0 Å². The molecule has 8 nitrogen and oxygen atoms in total. The molecule has 0 aromatic rings. The van der Waals surface area contributed by atoms with Crippen LogP contribution < -0.4 is 21.7 Å². The maximum atomic E-state index is 11.9. The minimum absolute atomic E-state index is 0.0935. The smallest absolute Gasteiger partial charge is 0.312 e. The van der Waals surface area contributed by atoms with E-state index in [4.69, 9.17) is 5.73 Å². The first-order valence-corrected chi connectivity index (χ1v) is 6.41. The van der Waals surface area contributed by atoms with Gasteiger partial charge in [-0.15, -0.1) is 0 Å². The Kier molecular flexibility index (Phi) is 8.73. The van der Waals surface area contributed by atoms with Gasteiger partial charge in [-0.2, -0.15) is 0 Å². The summed E-state index contributed by atoms with van der Waals surface area (Å²) in [6, 6.07) is -1.97. The largest absolute Gasteiger partial charge is 0.352 e. The maximum Gasteiger partial charge on any atom is 0.312 e. The monoisotopic (exact) mass is 286 g/mol. The van der Waals surface area contributed by atoms with E-state index in [-0.39, 0.29) is 5.92 Å². The number of carbonyl (C=O) groups excluding carboxylic acids is 4. The van der Waals surface area contributed by atoms with Crippen molar-refractivity contribution in [3.8, 4) is 0 Å². The number of amides is 4. The molecule has 0 aliphatic carbocycles. The molecule has 0 saturated heterocycles. The molecule has 0 rings (SSSR count). The fourth-order valence-electron chi connectivity index (χ4n) is 1.62. The molecular formula is C12H22N4O4. The van der Waals surface area contributed by atoms with Crippen molar-refractivity contribution < 1.29 is 19.2 Å². The fourth-order valence-corrected chi connectivity index (χ4v) is 1.62. The van der Waals surface area contributed by atoms with E-state index in [0.717, 1.165) is 0 Å². The lowest BCUT2D eigenvalue weighted by molar-refractivity contribution is -0.128. The molecule has 0 radical (unpaired) electrons. The molecule has 20 heavy (non-hydrogen) atoms. The average molecular weight is 286 g/mol. The third kappa shape index (κ3) is 7.34. The number of urea groups is 1. The van der Waals surface area contributed by atoms with Crippen molar-refractivity contribution in [2.24, 2.45) is 11.7 Å². The molecule has 4 amide bonds. The number of hydrogen-bond acceptors (Lipinski definition) is 4. The van der Waals surface area contributed by atoms with E-state index in [1.165, 1.54) is 0 Å². The first-order chi connectivity index (χ1) is 9.42. The number of primary amides is 1. The number of carbonyl (C=O) groups is 4. The van der Waals surface area contributed by atoms with Crippen molar-refractivity contribution in [1.82, 2.24) is 16.0 Å². The lowest BCUT2D eigenvalue weighted by Crippen LogP contribution is -2.50. The van der Waals surface area contributed by atoms with Crippen LogP contribution in [-0.2, 0) is 14.4 Å². The zero-order chi connectivity index (χ0) is 15.5. The number of aldehydes is 1. The van der Waals surface area contributed by atoms with Gasteiger partial charge >= 0.3 is 6.03 Å². The van der Waals surface area contributed by atoms with E-state index < -0.39 is 24.0 Å². The highest BCUT2D eigenvalue weighted by Gasteiger charge is 2.23. The van der Waals surface area contributed by atoms with Crippen LogP contribution in [0, 0.1) is 5.92 Å². The van der Waals surface area contributed by atoms with Crippen LogP contribution in [0.15, 0.2) is 0 Å². The molecule has 0 aromatic heterocycles. The predicted molar refractivity (Wildman–Crippen MR) is 72.6 cm³/mol. The predicted octanol–water partition coefficient (Wildman–Crippen LogP) is -1.11. The van der Waals surface area contributed by atoms with Crippen molar-refractivity contribution in [2.45, 2.75) is 38.8 Å². The Morgan fingerprint density at radius 3 is 2.35 bits per heavy atom. The molecule has 0 aliphatic heterocycles. The van der Waals surface area contributed by atoms with Crippen LogP contribution >= 0.6 is 0 Å². The first-order valence-electron chi connectivity index (χ1n) is 6.41. The van der Waals surface area contributed by atoms with E-state index in [1.807, 2.05) is 0 Å². The summed E-state index contributed by atoms with van der Waals surface area (Å²) < 4.78 is 0. The van der Waals surface area contributed by atoms with Crippen molar-refractivity contribution in [3.63, 3.8) is 0 Å². The Bertz CT molecular complexity index is 346. The second kappa shape index (κ2) is 9.76. The molecule has 0 spiro atoms. The second-order valence-corrected chi connectivity index (χ2v) is 4.69. The van der Waals surface area contributed by atoms with Gasteiger partial charge in [0.2, 0.25) is 12.3 Å². The van der Waals surface area contributed by atoms with Gasteiger partial charge in [-0.1, -0.05) is 13.8 Å². The van der Waals surface area contributed by atoms with E-state index in [9.17, 15) is 19.2 Å². The first kappa shape index (κ1) is 17.9. The minimum atomic E-state index is -0.682. The summed E-state index contributed by atoms with van der Waals surface area (Å²) in [5, 5.41) is 7.35. The molecule has 0 fully saturated rings. The van der Waals surface area contributed by atoms with Gasteiger partial charge in [0.05, 0.1) is 6.04 Å². The topological polar surface area (TPSA) is 130 Å². The van der Waals surface area contributed by atoms with Crippen molar-refractivity contribution >= 4 is 24.6 Å². The van der Waals surface area contributed by atoms with Gasteiger partial charge in [-0.05, 0) is 18.8 Å². The standard InChI is InChI=1S/C12H22N4O4/c1-8(2)10(15-7-18)11(19)16-9(6-17)4-3-5-14-12(13)20/h6-10H,3-5H2,1-2H3,(H,15,18)(H,16,19)(H3,13,14,20). The highest BCUT2D eigenvalue weighted by molar-refractivity contribution is 5.86. The summed E-state index contributed by atoms with van der Waals surface area (Å²) in [6.07, 6.45) is 1.96. The number of nitrogens with two attached hydrogens (primary N) is 1. The SMILES string of the molecule is CC(C)C(NC=O)C(=O)NC(C=O)CCCNC(N)=O. The van der Waals surface area contributed by atoms with Gasteiger partial charge in [-0.25, -0.2) is 4.79 Å². The highest BCUT2D eigenvalue weighted by Crippen LogP contribution is 2.02. The Hall–Kier alpha value is -2.12. The Morgan fingerprint density at radius 1 is 1.25 bits per heavy atom. The number of nitrogens with one attached hydrogen (secondary N) is 3. The average Bonchev–Trinajstić information content (AvgIpc) is 2.38. The summed E-state index contributed by atoms with van der Waals surface area (Å²) >= 11 is 0. The van der Waals surface area contributed by atoms with Gasteiger partial charge < -0.3 is 26.5 Å². The minimum Gasteiger partial charge on any atom is -0.352 e. The van der Waals surface area contributed by atoms with Gasteiger partial charge in [0.15, 0.2) is 0 Å². The molecule has 114 valence electrons. The van der Waals surface area contributed by atoms with Crippen LogP contribution in [0.25, 0.3) is 0 Å². The summed E-state index contributed by atoms with van der Waals surface area (Å²) in [5.74, 6) is -0.504. The molecule has 2 atom stereocenters. The highest BCUT2D eigenvalue weighted by atomic mass is 16.2. The second-order valence-electron chi connectivity index (χ2n) is 4.69. The normalized spacial score (nSPS) is 13.2. The third-order valence-corrected chi connectivity index (χ3v) is 2.68.